The highest BCUT2D eigenvalue weighted by Crippen LogP contribution is 2.16. The molecule has 0 saturated heterocycles. The average Bonchev–Trinajstić information content (AvgIpc) is 3.02. The number of hydrogen-bond acceptors (Lipinski definition) is 7. The zero-order valence-corrected chi connectivity index (χ0v) is 12.1. The van der Waals surface area contributed by atoms with Crippen LogP contribution in [0.25, 0.3) is 0 Å². The van der Waals surface area contributed by atoms with Crippen molar-refractivity contribution in [1.29, 1.82) is 0 Å². The molecule has 0 unspecified atom stereocenters. The number of methoxy groups -OCH3 is 1. The molecule has 0 fully saturated rings. The summed E-state index contributed by atoms with van der Waals surface area (Å²) in [6.07, 6.45) is 1.15. The van der Waals surface area contributed by atoms with Crippen LogP contribution in [0.2, 0.25) is 0 Å². The lowest BCUT2D eigenvalue weighted by molar-refractivity contribution is -0.402. The summed E-state index contributed by atoms with van der Waals surface area (Å²) >= 11 is 0. The smallest absolute Gasteiger partial charge is 0.433 e. The van der Waals surface area contributed by atoms with Gasteiger partial charge in [0.05, 0.1) is 19.4 Å². The van der Waals surface area contributed by atoms with E-state index in [1.54, 1.807) is 31.4 Å². The van der Waals surface area contributed by atoms with Crippen molar-refractivity contribution in [3.05, 3.63) is 52.3 Å². The Kier molecular flexibility index (Phi) is 5.29. The van der Waals surface area contributed by atoms with Gasteiger partial charge in [-0.2, -0.15) is 5.10 Å². The molecule has 0 atom stereocenters. The molecule has 2 rings (SSSR count). The molecule has 0 aliphatic carbocycles. The van der Waals surface area contributed by atoms with Crippen LogP contribution in [0.1, 0.15) is 5.76 Å². The second-order valence-electron chi connectivity index (χ2n) is 4.19. The molecule has 9 heteroatoms. The third kappa shape index (κ3) is 4.84. The Balaban J connectivity index is 1.77. The maximum Gasteiger partial charge on any atom is 0.433 e. The Bertz CT molecular complexity index is 708. The van der Waals surface area contributed by atoms with E-state index in [-0.39, 0.29) is 12.4 Å². The number of carbonyl (C=O) groups excluding carboxylic acids is 1. The van der Waals surface area contributed by atoms with Gasteiger partial charge in [-0.25, -0.2) is 5.43 Å². The third-order valence-electron chi connectivity index (χ3n) is 2.60. The van der Waals surface area contributed by atoms with Crippen LogP contribution in [0.15, 0.2) is 45.9 Å². The van der Waals surface area contributed by atoms with Gasteiger partial charge in [0, 0.05) is 0 Å². The molecule has 0 radical (unpaired) electrons. The number of amides is 1. The summed E-state index contributed by atoms with van der Waals surface area (Å²) < 4.78 is 15.1. The van der Waals surface area contributed by atoms with Gasteiger partial charge in [0.2, 0.25) is 0 Å². The summed E-state index contributed by atoms with van der Waals surface area (Å²) in [6.45, 7) is -0.234. The number of nitrogens with zero attached hydrogens (tertiary/aromatic N) is 2. The van der Waals surface area contributed by atoms with Gasteiger partial charge in [0.1, 0.15) is 16.4 Å². The van der Waals surface area contributed by atoms with E-state index in [0.717, 1.165) is 6.21 Å². The van der Waals surface area contributed by atoms with Crippen molar-refractivity contribution in [2.45, 2.75) is 0 Å². The van der Waals surface area contributed by atoms with E-state index >= 15 is 0 Å². The molecule has 9 nitrogen and oxygen atoms in total. The lowest BCUT2D eigenvalue weighted by Gasteiger charge is -2.05. The molecule has 1 aromatic heterocycles. The van der Waals surface area contributed by atoms with Crippen LogP contribution < -0.4 is 14.9 Å². The number of hydrogen-bond donors (Lipinski definition) is 1. The fourth-order valence-corrected chi connectivity index (χ4v) is 1.53. The minimum absolute atomic E-state index is 0.146. The Morgan fingerprint density at radius 3 is 2.61 bits per heavy atom. The molecular weight excluding hydrogens is 306 g/mol. The van der Waals surface area contributed by atoms with Crippen molar-refractivity contribution in [3.63, 3.8) is 0 Å². The Morgan fingerprint density at radius 2 is 2.00 bits per heavy atom. The quantitative estimate of drug-likeness (QED) is 0.472. The van der Waals surface area contributed by atoms with E-state index in [9.17, 15) is 14.9 Å². The normalized spacial score (nSPS) is 10.5. The SMILES string of the molecule is COc1ccc(OCC(=O)N/N=C/c2ccc([N+](=O)[O-])o2)cc1. The van der Waals surface area contributed by atoms with Crippen LogP contribution >= 0.6 is 0 Å². The summed E-state index contributed by atoms with van der Waals surface area (Å²) in [7, 11) is 1.55. The van der Waals surface area contributed by atoms with Gasteiger partial charge in [0.15, 0.2) is 12.4 Å². The number of carbonyl (C=O) groups is 1. The second kappa shape index (κ2) is 7.59. The van der Waals surface area contributed by atoms with Crippen molar-refractivity contribution in [2.75, 3.05) is 13.7 Å². The van der Waals surface area contributed by atoms with Crippen molar-refractivity contribution >= 4 is 18.0 Å². The molecule has 1 N–H and O–H groups in total. The third-order valence-corrected chi connectivity index (χ3v) is 2.60. The van der Waals surface area contributed by atoms with Gasteiger partial charge < -0.3 is 13.9 Å². The molecule has 1 amide bonds. The fourth-order valence-electron chi connectivity index (χ4n) is 1.53. The van der Waals surface area contributed by atoms with Crippen LogP contribution in [0.4, 0.5) is 5.88 Å². The highest BCUT2D eigenvalue weighted by Gasteiger charge is 2.10. The van der Waals surface area contributed by atoms with Crippen molar-refractivity contribution in [1.82, 2.24) is 5.43 Å². The van der Waals surface area contributed by atoms with E-state index in [2.05, 4.69) is 10.5 Å². The highest BCUT2D eigenvalue weighted by molar-refractivity contribution is 5.81. The molecule has 0 saturated carbocycles. The molecule has 0 bridgehead atoms. The minimum atomic E-state index is -0.668. The first kappa shape index (κ1) is 16.0. The van der Waals surface area contributed by atoms with Crippen molar-refractivity contribution in [2.24, 2.45) is 5.10 Å². The molecular formula is C14H13N3O6. The maximum atomic E-state index is 11.5. The van der Waals surface area contributed by atoms with Crippen LogP contribution in [0.3, 0.4) is 0 Å². The molecule has 0 aliphatic rings. The Hall–Kier alpha value is -3.36. The predicted octanol–water partition coefficient (Wildman–Crippen LogP) is 1.73. The summed E-state index contributed by atoms with van der Waals surface area (Å²) in [5.74, 6) is 0.442. The van der Waals surface area contributed by atoms with Gasteiger partial charge in [-0.15, -0.1) is 0 Å². The first-order valence-corrected chi connectivity index (χ1v) is 6.41. The number of nitrogens with one attached hydrogen (secondary N) is 1. The van der Waals surface area contributed by atoms with Gasteiger partial charge in [0.25, 0.3) is 5.91 Å². The van der Waals surface area contributed by atoms with Crippen LogP contribution in [0.5, 0.6) is 11.5 Å². The average molecular weight is 319 g/mol. The lowest BCUT2D eigenvalue weighted by atomic mass is 10.3. The molecule has 120 valence electrons. The van der Waals surface area contributed by atoms with Crippen molar-refractivity contribution in [3.8, 4) is 11.5 Å². The summed E-state index contributed by atoms with van der Waals surface area (Å²) in [4.78, 5) is 21.3. The van der Waals surface area contributed by atoms with Gasteiger partial charge in [-0.1, -0.05) is 0 Å². The summed E-state index contributed by atoms with van der Waals surface area (Å²) in [5.41, 5.74) is 2.21. The Labute approximate surface area is 130 Å². The van der Waals surface area contributed by atoms with E-state index in [0.29, 0.717) is 11.5 Å². The molecule has 0 aliphatic heterocycles. The fraction of sp³-hybridized carbons (Fsp3) is 0.143. The largest absolute Gasteiger partial charge is 0.497 e. The summed E-state index contributed by atoms with van der Waals surface area (Å²) in [6, 6.07) is 9.29. The molecule has 0 spiro atoms. The molecule has 1 heterocycles. The first-order valence-electron chi connectivity index (χ1n) is 6.41. The maximum absolute atomic E-state index is 11.5. The topological polar surface area (TPSA) is 116 Å². The number of ether oxygens (including phenoxy) is 2. The van der Waals surface area contributed by atoms with E-state index in [4.69, 9.17) is 13.9 Å². The highest BCUT2D eigenvalue weighted by atomic mass is 16.6. The van der Waals surface area contributed by atoms with E-state index in [1.165, 1.54) is 12.1 Å². The van der Waals surface area contributed by atoms with Gasteiger partial charge in [-0.3, -0.25) is 14.9 Å². The zero-order valence-electron chi connectivity index (χ0n) is 12.1. The number of nitro groups is 1. The van der Waals surface area contributed by atoms with Crippen LogP contribution in [0, 0.1) is 10.1 Å². The minimum Gasteiger partial charge on any atom is -0.497 e. The van der Waals surface area contributed by atoms with E-state index in [1.807, 2.05) is 0 Å². The first-order chi connectivity index (χ1) is 11.1. The molecule has 1 aromatic carbocycles. The standard InChI is InChI=1S/C14H13N3O6/c1-21-10-2-4-11(5-3-10)22-9-13(18)16-15-8-12-6-7-14(23-12)17(19)20/h2-8H,9H2,1H3,(H,16,18)/b15-8+. The van der Waals surface area contributed by atoms with E-state index < -0.39 is 16.7 Å². The zero-order chi connectivity index (χ0) is 16.7. The number of furan rings is 1. The van der Waals surface area contributed by atoms with Gasteiger partial charge >= 0.3 is 5.88 Å². The Morgan fingerprint density at radius 1 is 1.30 bits per heavy atom. The number of benzene rings is 1. The van der Waals surface area contributed by atoms with Gasteiger partial charge in [-0.05, 0) is 30.3 Å². The van der Waals surface area contributed by atoms with Crippen molar-refractivity contribution < 1.29 is 23.6 Å². The number of hydrazone groups is 1. The van der Waals surface area contributed by atoms with Crippen LogP contribution in [-0.4, -0.2) is 30.8 Å². The predicted molar refractivity (Wildman–Crippen MR) is 79.6 cm³/mol. The molecule has 23 heavy (non-hydrogen) atoms. The monoisotopic (exact) mass is 319 g/mol. The number of rotatable bonds is 7. The lowest BCUT2D eigenvalue weighted by Crippen LogP contribution is -2.24. The second-order valence-corrected chi connectivity index (χ2v) is 4.19. The molecule has 2 aromatic rings. The van der Waals surface area contributed by atoms with Crippen LogP contribution in [-0.2, 0) is 4.79 Å². The summed E-state index contributed by atoms with van der Waals surface area (Å²) in [5, 5.41) is 14.0.